The summed E-state index contributed by atoms with van der Waals surface area (Å²) >= 11 is 0. The summed E-state index contributed by atoms with van der Waals surface area (Å²) in [6.07, 6.45) is 1.56. The highest BCUT2D eigenvalue weighted by atomic mass is 16.5. The van der Waals surface area contributed by atoms with Crippen LogP contribution in [0, 0.1) is 13.8 Å². The normalized spacial score (nSPS) is 10.8. The Labute approximate surface area is 157 Å². The number of carbonyl (C=O) groups excluding carboxylic acids is 2. The Hall–Kier alpha value is -3.15. The van der Waals surface area contributed by atoms with Crippen molar-refractivity contribution in [1.29, 1.82) is 0 Å². The van der Waals surface area contributed by atoms with Gasteiger partial charge in [-0.3, -0.25) is 14.6 Å². The zero-order valence-corrected chi connectivity index (χ0v) is 15.8. The minimum atomic E-state index is -0.371. The van der Waals surface area contributed by atoms with Crippen LogP contribution < -0.4 is 4.74 Å². The number of benzene rings is 1. The summed E-state index contributed by atoms with van der Waals surface area (Å²) < 4.78 is 16.2. The van der Waals surface area contributed by atoms with Gasteiger partial charge in [0.05, 0.1) is 19.8 Å². The van der Waals surface area contributed by atoms with Crippen LogP contribution in [0.1, 0.15) is 39.8 Å². The van der Waals surface area contributed by atoms with Crippen molar-refractivity contribution in [3.8, 4) is 5.75 Å². The van der Waals surface area contributed by atoms with E-state index in [4.69, 9.17) is 13.9 Å². The van der Waals surface area contributed by atoms with Gasteiger partial charge in [0.2, 0.25) is 0 Å². The van der Waals surface area contributed by atoms with Crippen molar-refractivity contribution in [3.05, 3.63) is 58.6 Å². The number of hydrogen-bond donors (Lipinski definition) is 0. The summed E-state index contributed by atoms with van der Waals surface area (Å²) in [6, 6.07) is 7.41. The van der Waals surface area contributed by atoms with Crippen molar-refractivity contribution in [2.24, 2.45) is 0 Å². The summed E-state index contributed by atoms with van der Waals surface area (Å²) in [5.74, 6) is -0.105. The Balaban J connectivity index is 1.94. The molecule has 0 saturated carbocycles. The van der Waals surface area contributed by atoms with E-state index in [0.29, 0.717) is 34.5 Å². The lowest BCUT2D eigenvalue weighted by atomic mass is 10.0. The number of methoxy groups -OCH3 is 1. The molecule has 0 aliphatic carbocycles. The van der Waals surface area contributed by atoms with Crippen molar-refractivity contribution in [1.82, 2.24) is 4.98 Å². The smallest absolute Gasteiger partial charge is 0.310 e. The third-order valence-electron chi connectivity index (χ3n) is 4.42. The SMILES string of the molecule is COC(=O)Cc1coc2c(C(C)=O)c(OCc3ccc(C)nc3C)ccc12. The molecule has 0 radical (unpaired) electrons. The fraction of sp³-hybridized carbons (Fsp3) is 0.286. The molecule has 6 nitrogen and oxygen atoms in total. The van der Waals surface area contributed by atoms with Gasteiger partial charge in [0.1, 0.15) is 23.5 Å². The maximum Gasteiger partial charge on any atom is 0.310 e. The topological polar surface area (TPSA) is 78.6 Å². The molecule has 1 aromatic carbocycles. The van der Waals surface area contributed by atoms with Gasteiger partial charge < -0.3 is 13.9 Å². The van der Waals surface area contributed by atoms with Gasteiger partial charge in [0, 0.05) is 27.9 Å². The average molecular weight is 367 g/mol. The van der Waals surface area contributed by atoms with Crippen LogP contribution in [-0.2, 0) is 22.6 Å². The lowest BCUT2D eigenvalue weighted by Crippen LogP contribution is -2.05. The lowest BCUT2D eigenvalue weighted by Gasteiger charge is -2.12. The molecule has 0 aliphatic rings. The van der Waals surface area contributed by atoms with Crippen LogP contribution in [0.15, 0.2) is 34.9 Å². The minimum absolute atomic E-state index is 0.0786. The first-order valence-electron chi connectivity index (χ1n) is 8.57. The molecule has 6 heteroatoms. The maximum absolute atomic E-state index is 12.2. The standard InChI is InChI=1S/C21H21NO5/c1-12-5-6-15(13(2)22-12)10-26-18-8-7-17-16(9-19(24)25-4)11-27-21(17)20(18)14(3)23/h5-8,11H,9-10H2,1-4H3. The number of ketones is 1. The number of esters is 1. The summed E-state index contributed by atoms with van der Waals surface area (Å²) in [7, 11) is 1.33. The Morgan fingerprint density at radius 1 is 1.11 bits per heavy atom. The zero-order chi connectivity index (χ0) is 19.6. The first-order chi connectivity index (χ1) is 12.9. The van der Waals surface area contributed by atoms with Crippen LogP contribution in [0.4, 0.5) is 0 Å². The van der Waals surface area contributed by atoms with Crippen molar-refractivity contribution in [3.63, 3.8) is 0 Å². The molecule has 0 unspecified atom stereocenters. The molecule has 0 saturated heterocycles. The number of ether oxygens (including phenoxy) is 2. The molecule has 0 amide bonds. The second-order valence-corrected chi connectivity index (χ2v) is 6.37. The number of Topliss-reactive ketones (excluding diaryl/α,β-unsaturated/α-hetero) is 1. The number of fused-ring (bicyclic) bond motifs is 1. The number of nitrogens with zero attached hydrogens (tertiary/aromatic N) is 1. The Morgan fingerprint density at radius 3 is 2.56 bits per heavy atom. The molecule has 3 aromatic rings. The van der Waals surface area contributed by atoms with E-state index in [1.165, 1.54) is 20.3 Å². The fourth-order valence-electron chi connectivity index (χ4n) is 2.98. The first kappa shape index (κ1) is 18.6. The zero-order valence-electron chi connectivity index (χ0n) is 15.8. The van der Waals surface area contributed by atoms with Crippen molar-refractivity contribution in [2.45, 2.75) is 33.8 Å². The number of aryl methyl sites for hydroxylation is 2. The molecule has 3 rings (SSSR count). The molecule has 0 aliphatic heterocycles. The largest absolute Gasteiger partial charge is 0.488 e. The fourth-order valence-corrected chi connectivity index (χ4v) is 2.98. The van der Waals surface area contributed by atoms with Crippen molar-refractivity contribution < 1.29 is 23.5 Å². The number of furan rings is 1. The van der Waals surface area contributed by atoms with Crippen LogP contribution in [0.25, 0.3) is 11.0 Å². The average Bonchev–Trinajstić information content (AvgIpc) is 3.02. The van der Waals surface area contributed by atoms with Gasteiger partial charge in [-0.1, -0.05) is 6.07 Å². The predicted octanol–water partition coefficient (Wildman–Crippen LogP) is 3.94. The number of carbonyl (C=O) groups is 2. The number of hydrogen-bond acceptors (Lipinski definition) is 6. The van der Waals surface area contributed by atoms with Gasteiger partial charge in [-0.2, -0.15) is 0 Å². The maximum atomic E-state index is 12.2. The first-order valence-corrected chi connectivity index (χ1v) is 8.57. The molecule has 0 N–H and O–H groups in total. The summed E-state index contributed by atoms with van der Waals surface area (Å²) in [4.78, 5) is 28.2. The predicted molar refractivity (Wildman–Crippen MR) is 100.0 cm³/mol. The van der Waals surface area contributed by atoms with E-state index in [9.17, 15) is 9.59 Å². The molecule has 0 atom stereocenters. The molecule has 2 heterocycles. The summed E-state index contributed by atoms with van der Waals surface area (Å²) in [6.45, 7) is 5.61. The molecule has 0 fully saturated rings. The van der Waals surface area contributed by atoms with E-state index < -0.39 is 0 Å². The minimum Gasteiger partial charge on any atom is -0.488 e. The Bertz CT molecular complexity index is 1020. The van der Waals surface area contributed by atoms with Gasteiger partial charge in [0.15, 0.2) is 5.78 Å². The Morgan fingerprint density at radius 2 is 1.89 bits per heavy atom. The molecular formula is C21H21NO5. The highest BCUT2D eigenvalue weighted by Crippen LogP contribution is 2.33. The van der Waals surface area contributed by atoms with Crippen LogP contribution in [0.2, 0.25) is 0 Å². The molecule has 2 aromatic heterocycles. The quantitative estimate of drug-likeness (QED) is 0.485. The lowest BCUT2D eigenvalue weighted by molar-refractivity contribution is -0.139. The van der Waals surface area contributed by atoms with Crippen LogP contribution in [0.3, 0.4) is 0 Å². The van der Waals surface area contributed by atoms with E-state index >= 15 is 0 Å². The third-order valence-corrected chi connectivity index (χ3v) is 4.42. The van der Waals surface area contributed by atoms with Gasteiger partial charge in [-0.25, -0.2) is 0 Å². The van der Waals surface area contributed by atoms with Gasteiger partial charge >= 0.3 is 5.97 Å². The van der Waals surface area contributed by atoms with Gasteiger partial charge in [0.25, 0.3) is 0 Å². The highest BCUT2D eigenvalue weighted by molar-refractivity contribution is 6.08. The van der Waals surface area contributed by atoms with E-state index in [-0.39, 0.29) is 18.2 Å². The molecule has 0 bridgehead atoms. The number of rotatable bonds is 6. The van der Waals surface area contributed by atoms with Crippen LogP contribution in [-0.4, -0.2) is 23.8 Å². The monoisotopic (exact) mass is 367 g/mol. The van der Waals surface area contributed by atoms with Crippen molar-refractivity contribution in [2.75, 3.05) is 7.11 Å². The highest BCUT2D eigenvalue weighted by Gasteiger charge is 2.20. The summed E-state index contributed by atoms with van der Waals surface area (Å²) in [5.41, 5.74) is 4.22. The van der Waals surface area contributed by atoms with E-state index in [1.807, 2.05) is 26.0 Å². The van der Waals surface area contributed by atoms with E-state index in [1.54, 1.807) is 12.1 Å². The molecule has 0 spiro atoms. The molecule has 27 heavy (non-hydrogen) atoms. The second-order valence-electron chi connectivity index (χ2n) is 6.37. The van der Waals surface area contributed by atoms with Crippen LogP contribution in [0.5, 0.6) is 5.75 Å². The number of aromatic nitrogens is 1. The Kier molecular flexibility index (Phi) is 5.26. The van der Waals surface area contributed by atoms with Gasteiger partial charge in [-0.15, -0.1) is 0 Å². The van der Waals surface area contributed by atoms with Crippen LogP contribution >= 0.6 is 0 Å². The third kappa shape index (κ3) is 3.84. The van der Waals surface area contributed by atoms with Crippen molar-refractivity contribution >= 4 is 22.7 Å². The van der Waals surface area contributed by atoms with E-state index in [0.717, 1.165) is 17.0 Å². The number of pyridine rings is 1. The van der Waals surface area contributed by atoms with E-state index in [2.05, 4.69) is 4.98 Å². The molecule has 140 valence electrons. The van der Waals surface area contributed by atoms with Gasteiger partial charge in [-0.05, 0) is 39.0 Å². The molecular weight excluding hydrogens is 346 g/mol. The second kappa shape index (κ2) is 7.61. The summed E-state index contributed by atoms with van der Waals surface area (Å²) in [5, 5.41) is 0.700.